The van der Waals surface area contributed by atoms with E-state index in [1.54, 1.807) is 0 Å². The van der Waals surface area contributed by atoms with Crippen molar-refractivity contribution in [3.8, 4) is 0 Å². The number of nitrogens with zero attached hydrogens (tertiary/aromatic N) is 4. The van der Waals surface area contributed by atoms with E-state index in [1.807, 2.05) is 6.07 Å². The summed E-state index contributed by atoms with van der Waals surface area (Å²) in [5.41, 5.74) is 8.91. The minimum Gasteiger partial charge on any atom is -0.383 e. The van der Waals surface area contributed by atoms with Crippen LogP contribution in [0.3, 0.4) is 0 Å². The number of aromatic nitrogens is 2. The lowest BCUT2D eigenvalue weighted by Crippen LogP contribution is -2.58. The van der Waals surface area contributed by atoms with Gasteiger partial charge in [-0.15, -0.1) is 4.98 Å². The molecule has 160 valence electrons. The van der Waals surface area contributed by atoms with Gasteiger partial charge in [0, 0.05) is 26.2 Å². The molecule has 2 aliphatic rings. The van der Waals surface area contributed by atoms with Gasteiger partial charge in [0.15, 0.2) is 0 Å². The molecule has 2 aliphatic heterocycles. The lowest BCUT2D eigenvalue weighted by molar-refractivity contribution is 0.304. The number of nitrogen functional groups attached to an aromatic ring is 1. The predicted molar refractivity (Wildman–Crippen MR) is 127 cm³/mol. The van der Waals surface area contributed by atoms with Crippen LogP contribution in [0, 0.1) is 0 Å². The number of quaternary nitrogens is 2. The summed E-state index contributed by atoms with van der Waals surface area (Å²) in [4.78, 5) is 10.1. The summed E-state index contributed by atoms with van der Waals surface area (Å²) in [6.45, 7) is 7.41. The average molecular weight is 418 g/mol. The van der Waals surface area contributed by atoms with Crippen LogP contribution in [0.2, 0.25) is 0 Å². The van der Waals surface area contributed by atoms with Gasteiger partial charge in [-0.2, -0.15) is 4.98 Å². The van der Waals surface area contributed by atoms with Gasteiger partial charge in [-0.25, -0.2) is 8.97 Å². The number of para-hydroxylation sites is 2. The van der Waals surface area contributed by atoms with Gasteiger partial charge in [0.2, 0.25) is 5.82 Å². The highest BCUT2D eigenvalue weighted by Gasteiger charge is 2.42. The molecule has 2 fully saturated rings. The van der Waals surface area contributed by atoms with Gasteiger partial charge >= 0.3 is 5.95 Å². The molecular weight excluding hydrogens is 386 g/mol. The number of anilines is 1. The molecule has 0 atom stereocenters. The number of hydrogen-bond acceptors (Lipinski definition) is 5. The van der Waals surface area contributed by atoms with E-state index in [0.717, 1.165) is 64.1 Å². The van der Waals surface area contributed by atoms with E-state index in [1.165, 1.54) is 11.4 Å². The Morgan fingerprint density at radius 3 is 1.68 bits per heavy atom. The quantitative estimate of drug-likeness (QED) is 0.569. The molecule has 0 unspecified atom stereocenters. The second-order valence-corrected chi connectivity index (χ2v) is 8.45. The molecule has 0 amide bonds. The SMILES string of the molecule is Nc1cc([N+]2(c3ccccc3)CCNCC2)nc([N+]2(c3ccccc3)CCNCC2)n1. The van der Waals surface area contributed by atoms with E-state index < -0.39 is 0 Å². The summed E-state index contributed by atoms with van der Waals surface area (Å²) in [5.74, 6) is 2.33. The van der Waals surface area contributed by atoms with Gasteiger partial charge in [0.05, 0.1) is 6.07 Å². The second kappa shape index (κ2) is 8.36. The summed E-state index contributed by atoms with van der Waals surface area (Å²) in [5, 5.41) is 6.99. The van der Waals surface area contributed by atoms with Crippen molar-refractivity contribution in [1.29, 1.82) is 0 Å². The number of nitrogens with one attached hydrogen (secondary N) is 2. The molecule has 0 bridgehead atoms. The van der Waals surface area contributed by atoms with Crippen molar-refractivity contribution in [2.24, 2.45) is 0 Å². The van der Waals surface area contributed by atoms with Gasteiger partial charge in [0.25, 0.3) is 0 Å². The van der Waals surface area contributed by atoms with Crippen molar-refractivity contribution < 1.29 is 0 Å². The number of rotatable bonds is 4. The Morgan fingerprint density at radius 2 is 1.13 bits per heavy atom. The Hall–Kier alpha value is -2.84. The Labute approximate surface area is 183 Å². The molecule has 7 heteroatoms. The minimum atomic E-state index is 0.541. The molecular formula is C24H31N7+2. The van der Waals surface area contributed by atoms with Crippen LogP contribution in [0.5, 0.6) is 0 Å². The van der Waals surface area contributed by atoms with Crippen LogP contribution >= 0.6 is 0 Å². The van der Waals surface area contributed by atoms with Gasteiger partial charge < -0.3 is 16.4 Å². The summed E-state index contributed by atoms with van der Waals surface area (Å²) >= 11 is 0. The number of nitrogens with two attached hydrogens (primary N) is 1. The highest BCUT2D eigenvalue weighted by atomic mass is 15.5. The minimum absolute atomic E-state index is 0.541. The summed E-state index contributed by atoms with van der Waals surface area (Å²) in [6, 6.07) is 23.3. The van der Waals surface area contributed by atoms with Crippen LogP contribution in [-0.2, 0) is 0 Å². The zero-order chi connectivity index (χ0) is 21.2. The molecule has 0 saturated carbocycles. The maximum absolute atomic E-state index is 6.44. The summed E-state index contributed by atoms with van der Waals surface area (Å²) in [6.07, 6.45) is 0. The third-order valence-electron chi connectivity index (χ3n) is 6.72. The highest BCUT2D eigenvalue weighted by Crippen LogP contribution is 2.39. The average Bonchev–Trinajstić information content (AvgIpc) is 2.85. The molecule has 2 aromatic carbocycles. The van der Waals surface area contributed by atoms with E-state index in [0.29, 0.717) is 14.8 Å². The van der Waals surface area contributed by atoms with Gasteiger partial charge in [0.1, 0.15) is 43.4 Å². The molecule has 2 saturated heterocycles. The van der Waals surface area contributed by atoms with E-state index in [-0.39, 0.29) is 0 Å². The number of benzene rings is 2. The van der Waals surface area contributed by atoms with Gasteiger partial charge in [-0.05, 0) is 24.3 Å². The van der Waals surface area contributed by atoms with Crippen molar-refractivity contribution in [2.45, 2.75) is 0 Å². The first kappa shape index (κ1) is 20.1. The third kappa shape index (κ3) is 3.59. The molecule has 0 aliphatic carbocycles. The number of hydrogen-bond donors (Lipinski definition) is 3. The Morgan fingerprint density at radius 1 is 0.645 bits per heavy atom. The van der Waals surface area contributed by atoms with Crippen LogP contribution < -0.4 is 25.3 Å². The molecule has 3 heterocycles. The topological polar surface area (TPSA) is 75.9 Å². The van der Waals surface area contributed by atoms with Crippen molar-refractivity contribution in [1.82, 2.24) is 29.6 Å². The molecule has 1 aromatic heterocycles. The van der Waals surface area contributed by atoms with Crippen LogP contribution in [-0.4, -0.2) is 62.3 Å². The molecule has 3 aromatic rings. The molecule has 0 radical (unpaired) electrons. The molecule has 5 rings (SSSR count). The zero-order valence-corrected chi connectivity index (χ0v) is 17.9. The van der Waals surface area contributed by atoms with Gasteiger partial charge in [-0.1, -0.05) is 36.4 Å². The first-order valence-electron chi connectivity index (χ1n) is 11.2. The van der Waals surface area contributed by atoms with Crippen molar-refractivity contribution >= 4 is 29.0 Å². The normalized spacial score (nSPS) is 20.3. The maximum atomic E-state index is 6.44. The fourth-order valence-corrected chi connectivity index (χ4v) is 5.02. The van der Waals surface area contributed by atoms with E-state index in [4.69, 9.17) is 15.7 Å². The fourth-order valence-electron chi connectivity index (χ4n) is 5.02. The Balaban J connectivity index is 1.68. The van der Waals surface area contributed by atoms with Crippen molar-refractivity contribution in [3.63, 3.8) is 0 Å². The fraction of sp³-hybridized carbons (Fsp3) is 0.333. The van der Waals surface area contributed by atoms with Crippen LogP contribution in [0.1, 0.15) is 0 Å². The van der Waals surface area contributed by atoms with Crippen molar-refractivity contribution in [2.75, 3.05) is 58.1 Å². The van der Waals surface area contributed by atoms with E-state index in [2.05, 4.69) is 71.3 Å². The number of piperazine rings is 2. The largest absolute Gasteiger partial charge is 0.383 e. The standard InChI is InChI=1S/C24H31N7/c25-22-19-23(30(15-11-26-12-16-30)20-7-3-1-4-8-20)29-24(28-22)31(17-13-27-14-18-31)21-9-5-2-6-10-21/h1-10,19,26-27H,11-18H2,(H2,25,28,29)/q+2. The third-order valence-corrected chi connectivity index (χ3v) is 6.72. The highest BCUT2D eigenvalue weighted by molar-refractivity contribution is 5.62. The second-order valence-electron chi connectivity index (χ2n) is 8.45. The summed E-state index contributed by atoms with van der Waals surface area (Å²) < 4.78 is 1.32. The van der Waals surface area contributed by atoms with E-state index >= 15 is 0 Å². The zero-order valence-electron chi connectivity index (χ0n) is 17.9. The Kier molecular flexibility index (Phi) is 5.41. The monoisotopic (exact) mass is 417 g/mol. The van der Waals surface area contributed by atoms with Crippen LogP contribution in [0.25, 0.3) is 0 Å². The predicted octanol–water partition coefficient (Wildman–Crippen LogP) is 2.54. The Bertz CT molecular complexity index is 931. The van der Waals surface area contributed by atoms with Gasteiger partial charge in [-0.3, -0.25) is 0 Å². The van der Waals surface area contributed by atoms with E-state index in [9.17, 15) is 0 Å². The maximum Gasteiger partial charge on any atom is 0.341 e. The molecule has 31 heavy (non-hydrogen) atoms. The first-order valence-corrected chi connectivity index (χ1v) is 11.2. The lowest BCUT2D eigenvalue weighted by atomic mass is 10.1. The molecule has 4 N–H and O–H groups in total. The van der Waals surface area contributed by atoms with Crippen LogP contribution in [0.4, 0.5) is 29.0 Å². The lowest BCUT2D eigenvalue weighted by Gasteiger charge is -2.41. The smallest absolute Gasteiger partial charge is 0.341 e. The first-order chi connectivity index (χ1) is 15.2. The molecule has 0 spiro atoms. The molecule has 7 nitrogen and oxygen atoms in total. The van der Waals surface area contributed by atoms with Crippen molar-refractivity contribution in [3.05, 3.63) is 66.7 Å². The summed E-state index contributed by atoms with van der Waals surface area (Å²) in [7, 11) is 0. The van der Waals surface area contributed by atoms with Crippen LogP contribution in [0.15, 0.2) is 66.7 Å².